The van der Waals surface area contributed by atoms with Crippen molar-refractivity contribution >= 4 is 27.5 Å². The fraction of sp³-hybridized carbons (Fsp3) is 0.0833. The molecule has 5 heteroatoms. The highest BCUT2D eigenvalue weighted by atomic mass is 79.9. The van der Waals surface area contributed by atoms with E-state index in [0.29, 0.717) is 15.9 Å². The first-order valence-corrected chi connectivity index (χ1v) is 5.68. The van der Waals surface area contributed by atoms with E-state index in [2.05, 4.69) is 21.2 Å². The van der Waals surface area contributed by atoms with E-state index in [1.165, 1.54) is 12.1 Å². The lowest BCUT2D eigenvalue weighted by atomic mass is 10.3. The van der Waals surface area contributed by atoms with Gasteiger partial charge in [0.05, 0.1) is 4.47 Å². The van der Waals surface area contributed by atoms with Crippen LogP contribution < -0.4 is 5.32 Å². The zero-order chi connectivity index (χ0) is 12.4. The SMILES string of the molecule is Cc1ccc(C(=O)Nc2ccc(Br)c(F)c2)o1. The zero-order valence-electron chi connectivity index (χ0n) is 8.96. The quantitative estimate of drug-likeness (QED) is 0.917. The van der Waals surface area contributed by atoms with Crippen molar-refractivity contribution in [3.63, 3.8) is 0 Å². The molecule has 0 bridgehead atoms. The summed E-state index contributed by atoms with van der Waals surface area (Å²) in [7, 11) is 0. The van der Waals surface area contributed by atoms with Crippen LogP contribution in [-0.2, 0) is 0 Å². The second-order valence-electron chi connectivity index (χ2n) is 3.49. The maximum Gasteiger partial charge on any atom is 0.291 e. The number of carbonyl (C=O) groups is 1. The van der Waals surface area contributed by atoms with Gasteiger partial charge in [-0.1, -0.05) is 0 Å². The number of aryl methyl sites for hydroxylation is 1. The fourth-order valence-corrected chi connectivity index (χ4v) is 1.57. The van der Waals surface area contributed by atoms with Gasteiger partial charge in [-0.25, -0.2) is 4.39 Å². The van der Waals surface area contributed by atoms with Crippen LogP contribution in [0.1, 0.15) is 16.3 Å². The van der Waals surface area contributed by atoms with Gasteiger partial charge in [-0.2, -0.15) is 0 Å². The second-order valence-corrected chi connectivity index (χ2v) is 4.35. The predicted octanol–water partition coefficient (Wildman–Crippen LogP) is 3.74. The van der Waals surface area contributed by atoms with Crippen LogP contribution in [0.5, 0.6) is 0 Å². The maximum absolute atomic E-state index is 13.2. The molecule has 1 aromatic carbocycles. The third-order valence-electron chi connectivity index (χ3n) is 2.14. The van der Waals surface area contributed by atoms with Crippen LogP contribution in [0.2, 0.25) is 0 Å². The van der Waals surface area contributed by atoms with Crippen LogP contribution in [0.4, 0.5) is 10.1 Å². The normalized spacial score (nSPS) is 10.3. The van der Waals surface area contributed by atoms with Gasteiger partial charge in [0.1, 0.15) is 11.6 Å². The molecule has 2 aromatic rings. The molecule has 0 unspecified atom stereocenters. The largest absolute Gasteiger partial charge is 0.456 e. The molecule has 0 aliphatic heterocycles. The molecule has 0 spiro atoms. The van der Waals surface area contributed by atoms with Gasteiger partial charge < -0.3 is 9.73 Å². The standard InChI is InChI=1S/C12H9BrFNO2/c1-7-2-5-11(17-7)12(16)15-8-3-4-9(13)10(14)6-8/h2-6H,1H3,(H,15,16). The lowest BCUT2D eigenvalue weighted by molar-refractivity contribution is 0.0995. The highest BCUT2D eigenvalue weighted by Crippen LogP contribution is 2.20. The summed E-state index contributed by atoms with van der Waals surface area (Å²) < 4.78 is 18.7. The number of halogens is 2. The van der Waals surface area contributed by atoms with Crippen LogP contribution in [0.15, 0.2) is 39.2 Å². The lowest BCUT2D eigenvalue weighted by Crippen LogP contribution is -2.10. The van der Waals surface area contributed by atoms with Crippen LogP contribution in [0.25, 0.3) is 0 Å². The minimum absolute atomic E-state index is 0.200. The van der Waals surface area contributed by atoms with Gasteiger partial charge >= 0.3 is 0 Å². The van der Waals surface area contributed by atoms with Crippen LogP contribution >= 0.6 is 15.9 Å². The van der Waals surface area contributed by atoms with Crippen molar-refractivity contribution in [2.24, 2.45) is 0 Å². The molecule has 0 fully saturated rings. The molecule has 0 aliphatic rings. The topological polar surface area (TPSA) is 42.2 Å². The number of rotatable bonds is 2. The number of anilines is 1. The Morgan fingerprint density at radius 3 is 2.71 bits per heavy atom. The minimum Gasteiger partial charge on any atom is -0.456 e. The van der Waals surface area contributed by atoms with Crippen LogP contribution in [-0.4, -0.2) is 5.91 Å². The Labute approximate surface area is 106 Å². The molecule has 1 N–H and O–H groups in total. The van der Waals surface area contributed by atoms with Crippen molar-refractivity contribution in [1.29, 1.82) is 0 Å². The maximum atomic E-state index is 13.2. The molecule has 1 heterocycles. The zero-order valence-corrected chi connectivity index (χ0v) is 10.5. The Morgan fingerprint density at radius 1 is 1.35 bits per heavy atom. The number of hydrogen-bond acceptors (Lipinski definition) is 2. The van der Waals surface area contributed by atoms with Gasteiger partial charge in [-0.15, -0.1) is 0 Å². The van der Waals surface area contributed by atoms with Crippen LogP contribution in [0, 0.1) is 12.7 Å². The third kappa shape index (κ3) is 2.74. The van der Waals surface area contributed by atoms with Gasteiger partial charge in [0.25, 0.3) is 5.91 Å². The average molecular weight is 298 g/mol. The van der Waals surface area contributed by atoms with E-state index in [4.69, 9.17) is 4.42 Å². The smallest absolute Gasteiger partial charge is 0.291 e. The molecule has 0 atom stereocenters. The molecule has 3 nitrogen and oxygen atoms in total. The van der Waals surface area contributed by atoms with E-state index < -0.39 is 11.7 Å². The number of benzene rings is 1. The summed E-state index contributed by atoms with van der Waals surface area (Å²) in [5.74, 6) is 0.0150. The van der Waals surface area contributed by atoms with E-state index in [-0.39, 0.29) is 5.76 Å². The van der Waals surface area contributed by atoms with Crippen molar-refractivity contribution in [3.8, 4) is 0 Å². The van der Waals surface area contributed by atoms with E-state index in [0.717, 1.165) is 0 Å². The van der Waals surface area contributed by atoms with Crippen molar-refractivity contribution in [3.05, 3.63) is 52.1 Å². The van der Waals surface area contributed by atoms with Crippen LogP contribution in [0.3, 0.4) is 0 Å². The first kappa shape index (κ1) is 11.9. The van der Waals surface area contributed by atoms with Gasteiger partial charge in [-0.05, 0) is 53.2 Å². The Bertz CT molecular complexity index is 565. The van der Waals surface area contributed by atoms with Crippen molar-refractivity contribution < 1.29 is 13.6 Å². The van der Waals surface area contributed by atoms with Gasteiger partial charge in [0.15, 0.2) is 5.76 Å². The number of hydrogen-bond donors (Lipinski definition) is 1. The van der Waals surface area contributed by atoms with E-state index in [1.54, 1.807) is 25.1 Å². The first-order valence-electron chi connectivity index (χ1n) is 4.89. The van der Waals surface area contributed by atoms with E-state index in [1.807, 2.05) is 0 Å². The molecule has 1 aromatic heterocycles. The fourth-order valence-electron chi connectivity index (χ4n) is 1.32. The third-order valence-corrected chi connectivity index (χ3v) is 2.78. The first-order chi connectivity index (χ1) is 8.06. The lowest BCUT2D eigenvalue weighted by Gasteiger charge is -2.03. The summed E-state index contributed by atoms with van der Waals surface area (Å²) in [6, 6.07) is 7.62. The average Bonchev–Trinajstić information content (AvgIpc) is 2.70. The number of furan rings is 1. The monoisotopic (exact) mass is 297 g/mol. The Kier molecular flexibility index (Phi) is 3.28. The molecular weight excluding hydrogens is 289 g/mol. The Balaban J connectivity index is 2.15. The Hall–Kier alpha value is -1.62. The molecule has 2 rings (SSSR count). The summed E-state index contributed by atoms with van der Waals surface area (Å²) in [4.78, 5) is 11.7. The molecule has 0 aliphatic carbocycles. The predicted molar refractivity (Wildman–Crippen MR) is 65.5 cm³/mol. The number of nitrogens with one attached hydrogen (secondary N) is 1. The highest BCUT2D eigenvalue weighted by molar-refractivity contribution is 9.10. The van der Waals surface area contributed by atoms with Gasteiger partial charge in [0.2, 0.25) is 0 Å². The molecule has 0 saturated heterocycles. The molecule has 0 saturated carbocycles. The number of carbonyl (C=O) groups excluding carboxylic acids is 1. The molecule has 88 valence electrons. The number of amides is 1. The summed E-state index contributed by atoms with van der Waals surface area (Å²) >= 11 is 3.04. The summed E-state index contributed by atoms with van der Waals surface area (Å²) in [5.41, 5.74) is 0.379. The van der Waals surface area contributed by atoms with Gasteiger partial charge in [0, 0.05) is 5.69 Å². The highest BCUT2D eigenvalue weighted by Gasteiger charge is 2.10. The van der Waals surface area contributed by atoms with Gasteiger partial charge in [-0.3, -0.25) is 4.79 Å². The minimum atomic E-state index is -0.432. The van der Waals surface area contributed by atoms with Crippen molar-refractivity contribution in [1.82, 2.24) is 0 Å². The molecule has 0 radical (unpaired) electrons. The second kappa shape index (κ2) is 4.71. The Morgan fingerprint density at radius 2 is 2.12 bits per heavy atom. The molecule has 17 heavy (non-hydrogen) atoms. The van der Waals surface area contributed by atoms with Crippen molar-refractivity contribution in [2.45, 2.75) is 6.92 Å². The summed E-state index contributed by atoms with van der Waals surface area (Å²) in [5, 5.41) is 2.55. The van der Waals surface area contributed by atoms with Crippen molar-refractivity contribution in [2.75, 3.05) is 5.32 Å². The summed E-state index contributed by atoms with van der Waals surface area (Å²) in [6.45, 7) is 1.75. The van der Waals surface area contributed by atoms with E-state index in [9.17, 15) is 9.18 Å². The molecule has 1 amide bonds. The molecular formula is C12H9BrFNO2. The summed E-state index contributed by atoms with van der Waals surface area (Å²) in [6.07, 6.45) is 0. The van der Waals surface area contributed by atoms with E-state index >= 15 is 0 Å².